The van der Waals surface area contributed by atoms with Crippen molar-refractivity contribution in [1.82, 2.24) is 20.4 Å². The third kappa shape index (κ3) is 8.33. The number of halogens is 3. The maximum Gasteiger partial charge on any atom is 0.405 e. The van der Waals surface area contributed by atoms with Crippen LogP contribution in [0, 0.1) is 18.3 Å². The number of hydrogen-bond acceptors (Lipinski definition) is 8. The first-order valence-corrected chi connectivity index (χ1v) is 15.7. The first kappa shape index (κ1) is 34.0. The minimum Gasteiger partial charge on any atom is -0.461 e. The largest absolute Gasteiger partial charge is 0.461 e. The van der Waals surface area contributed by atoms with E-state index in [2.05, 4.69) is 10.6 Å². The van der Waals surface area contributed by atoms with Gasteiger partial charge in [0.15, 0.2) is 0 Å². The molecule has 2 aliphatic heterocycles. The molecule has 5 rings (SSSR count). The highest BCUT2D eigenvalue weighted by atomic mass is 19.4. The van der Waals surface area contributed by atoms with Crippen molar-refractivity contribution in [3.05, 3.63) is 76.8 Å². The zero-order valence-electron chi connectivity index (χ0n) is 26.3. The lowest BCUT2D eigenvalue weighted by atomic mass is 10.0. The Morgan fingerprint density at radius 3 is 2.35 bits per heavy atom. The molecule has 2 fully saturated rings. The van der Waals surface area contributed by atoms with Crippen LogP contribution in [0.1, 0.15) is 58.6 Å². The fourth-order valence-corrected chi connectivity index (χ4v) is 5.79. The third-order valence-corrected chi connectivity index (χ3v) is 8.24. The number of nitriles is 1. The van der Waals surface area contributed by atoms with Crippen LogP contribution in [-0.2, 0) is 9.59 Å². The van der Waals surface area contributed by atoms with E-state index in [1.54, 1.807) is 35.3 Å². The second-order valence-electron chi connectivity index (χ2n) is 11.8. The van der Waals surface area contributed by atoms with Crippen molar-refractivity contribution in [3.63, 3.8) is 0 Å². The van der Waals surface area contributed by atoms with E-state index < -0.39 is 30.5 Å². The number of ketones is 1. The molecule has 3 aromatic rings. The number of carbonyl (C=O) groups excluding carboxylic acids is 4. The van der Waals surface area contributed by atoms with Crippen molar-refractivity contribution in [2.24, 2.45) is 0 Å². The molecular weight excluding hydrogens is 629 g/mol. The summed E-state index contributed by atoms with van der Waals surface area (Å²) < 4.78 is 43.3. The van der Waals surface area contributed by atoms with Gasteiger partial charge < -0.3 is 30.2 Å². The molecule has 252 valence electrons. The Balaban J connectivity index is 1.43. The number of fused-ring (bicyclic) bond motifs is 1. The monoisotopic (exact) mass is 664 g/mol. The van der Waals surface area contributed by atoms with Gasteiger partial charge in [0.1, 0.15) is 41.4 Å². The van der Waals surface area contributed by atoms with E-state index in [1.165, 1.54) is 29.2 Å². The van der Waals surface area contributed by atoms with Gasteiger partial charge in [-0.25, -0.2) is 0 Å². The van der Waals surface area contributed by atoms with Crippen LogP contribution in [0.2, 0.25) is 0 Å². The highest BCUT2D eigenvalue weighted by Gasteiger charge is 2.32. The van der Waals surface area contributed by atoms with Crippen LogP contribution < -0.4 is 16.0 Å². The summed E-state index contributed by atoms with van der Waals surface area (Å²) in [4.78, 5) is 55.9. The molecule has 48 heavy (non-hydrogen) atoms. The van der Waals surface area contributed by atoms with Gasteiger partial charge in [-0.2, -0.15) is 18.4 Å². The summed E-state index contributed by atoms with van der Waals surface area (Å²) in [6.07, 6.45) is -1.03. The van der Waals surface area contributed by atoms with Gasteiger partial charge in [-0.1, -0.05) is 12.1 Å². The van der Waals surface area contributed by atoms with Crippen LogP contribution in [0.5, 0.6) is 0 Å². The van der Waals surface area contributed by atoms with Gasteiger partial charge >= 0.3 is 6.18 Å². The Kier molecular flexibility index (Phi) is 10.4. The number of anilines is 1. The molecule has 2 saturated heterocycles. The lowest BCUT2D eigenvalue weighted by Crippen LogP contribution is -2.49. The standard InChI is InChI=1S/C34H35F3N6O5/c1-21-16-24-17-25(11-12-28(24)48-21)40-31(41-27-6-2-3-15-43(33(27)47)19-29(44)42-13-4-5-14-42)26(18-38)30(45)22-7-9-23(10-8-22)32(46)39-20-34(35,36)37/h7-12,16-17,27,40-41H,2-6,13-15,19-20H2,1H3,(H,39,46)/b31-26+/t27-/m0/s1. The first-order valence-electron chi connectivity index (χ1n) is 15.7. The van der Waals surface area contributed by atoms with Gasteiger partial charge in [0.2, 0.25) is 17.6 Å². The van der Waals surface area contributed by atoms with Crippen molar-refractivity contribution in [1.29, 1.82) is 5.26 Å². The second kappa shape index (κ2) is 14.6. The third-order valence-electron chi connectivity index (χ3n) is 8.24. The molecule has 14 heteroatoms. The summed E-state index contributed by atoms with van der Waals surface area (Å²) in [5, 5.41) is 19.0. The number of rotatable bonds is 10. The average molecular weight is 665 g/mol. The number of aryl methyl sites for hydroxylation is 1. The Hall–Kier alpha value is -5.32. The van der Waals surface area contributed by atoms with E-state index in [9.17, 15) is 37.6 Å². The number of nitrogens with one attached hydrogen (secondary N) is 3. The number of hydrogen-bond donors (Lipinski definition) is 3. The smallest absolute Gasteiger partial charge is 0.405 e. The lowest BCUT2D eigenvalue weighted by Gasteiger charge is -2.28. The minimum absolute atomic E-state index is 0.00837. The first-order chi connectivity index (χ1) is 22.9. The molecular formula is C34H35F3N6O5. The van der Waals surface area contributed by atoms with Gasteiger partial charge in [-0.05, 0) is 75.4 Å². The number of carbonyl (C=O) groups is 4. The summed E-state index contributed by atoms with van der Waals surface area (Å²) >= 11 is 0. The van der Waals surface area contributed by atoms with Crippen molar-refractivity contribution >= 4 is 40.2 Å². The number of allylic oxidation sites excluding steroid dienone is 1. The summed E-state index contributed by atoms with van der Waals surface area (Å²) in [7, 11) is 0. The predicted molar refractivity (Wildman–Crippen MR) is 170 cm³/mol. The molecule has 0 unspecified atom stereocenters. The number of furan rings is 1. The Morgan fingerprint density at radius 1 is 0.979 bits per heavy atom. The highest BCUT2D eigenvalue weighted by molar-refractivity contribution is 6.12. The summed E-state index contributed by atoms with van der Waals surface area (Å²) in [6, 6.07) is 12.9. The predicted octanol–water partition coefficient (Wildman–Crippen LogP) is 4.66. The summed E-state index contributed by atoms with van der Waals surface area (Å²) in [6.45, 7) is 1.94. The van der Waals surface area contributed by atoms with Gasteiger partial charge in [0.25, 0.3) is 5.91 Å². The number of likely N-dealkylation sites (tertiary alicyclic amines) is 2. The molecule has 0 spiro atoms. The fraction of sp³-hybridized carbons (Fsp3) is 0.382. The van der Waals surface area contributed by atoms with Gasteiger partial charge in [0, 0.05) is 41.8 Å². The molecule has 11 nitrogen and oxygen atoms in total. The van der Waals surface area contributed by atoms with Crippen molar-refractivity contribution in [3.8, 4) is 6.07 Å². The molecule has 0 aliphatic carbocycles. The molecule has 0 radical (unpaired) electrons. The molecule has 1 aromatic heterocycles. The number of Topliss-reactive ketones (excluding diaryl/α,β-unsaturated/α-hetero) is 1. The van der Waals surface area contributed by atoms with Crippen molar-refractivity contribution in [2.45, 2.75) is 51.2 Å². The van der Waals surface area contributed by atoms with Gasteiger partial charge in [0.05, 0.1) is 6.54 Å². The average Bonchev–Trinajstić information content (AvgIpc) is 3.69. The quantitative estimate of drug-likeness (QED) is 0.161. The van der Waals surface area contributed by atoms with E-state index in [0.717, 1.165) is 18.2 Å². The number of benzene rings is 2. The van der Waals surface area contributed by atoms with E-state index in [-0.39, 0.29) is 40.9 Å². The topological polar surface area (TPSA) is 148 Å². The zero-order chi connectivity index (χ0) is 34.4. The molecule has 3 N–H and O–H groups in total. The fourth-order valence-electron chi connectivity index (χ4n) is 5.79. The van der Waals surface area contributed by atoms with Crippen molar-refractivity contribution < 1.29 is 36.8 Å². The Labute approximate surface area is 274 Å². The van der Waals surface area contributed by atoms with Crippen LogP contribution >= 0.6 is 0 Å². The zero-order valence-corrected chi connectivity index (χ0v) is 26.3. The molecule has 2 aliphatic rings. The molecule has 1 atom stereocenters. The lowest BCUT2D eigenvalue weighted by molar-refractivity contribution is -0.140. The number of nitrogens with zero attached hydrogens (tertiary/aromatic N) is 3. The number of amides is 3. The second-order valence-corrected chi connectivity index (χ2v) is 11.8. The maximum atomic E-state index is 13.8. The van der Waals surface area contributed by atoms with E-state index in [0.29, 0.717) is 55.9 Å². The van der Waals surface area contributed by atoms with Crippen LogP contribution in [0.4, 0.5) is 18.9 Å². The van der Waals surface area contributed by atoms with E-state index in [1.807, 2.05) is 12.1 Å². The highest BCUT2D eigenvalue weighted by Crippen LogP contribution is 2.25. The van der Waals surface area contributed by atoms with Crippen LogP contribution in [-0.4, -0.2) is 78.2 Å². The molecule has 0 bridgehead atoms. The van der Waals surface area contributed by atoms with Crippen LogP contribution in [0.15, 0.2) is 64.3 Å². The molecule has 2 aromatic carbocycles. The SMILES string of the molecule is Cc1cc2cc(N/C(N[C@H]3CCCCN(CC(=O)N4CCCC4)C3=O)=C(/C#N)C(=O)c3ccc(C(=O)NCC(F)(F)F)cc3)ccc2o1. The van der Waals surface area contributed by atoms with Crippen LogP contribution in [0.3, 0.4) is 0 Å². The summed E-state index contributed by atoms with van der Waals surface area (Å²) in [5.41, 5.74) is 0.636. The molecule has 3 amide bonds. The normalized spacial score (nSPS) is 17.4. The number of alkyl halides is 3. The van der Waals surface area contributed by atoms with Gasteiger partial charge in [-0.3, -0.25) is 19.2 Å². The molecule has 0 saturated carbocycles. The van der Waals surface area contributed by atoms with E-state index in [4.69, 9.17) is 4.42 Å². The van der Waals surface area contributed by atoms with Gasteiger partial charge in [-0.15, -0.1) is 0 Å². The van der Waals surface area contributed by atoms with Crippen molar-refractivity contribution in [2.75, 3.05) is 38.0 Å². The summed E-state index contributed by atoms with van der Waals surface area (Å²) in [5.74, 6) is -1.54. The van der Waals surface area contributed by atoms with E-state index >= 15 is 0 Å². The Morgan fingerprint density at radius 2 is 1.67 bits per heavy atom. The Bertz CT molecular complexity index is 1770. The molecule has 3 heterocycles. The van der Waals surface area contributed by atoms with Crippen LogP contribution in [0.25, 0.3) is 11.0 Å². The maximum absolute atomic E-state index is 13.8. The minimum atomic E-state index is -4.59.